The van der Waals surface area contributed by atoms with Crippen molar-refractivity contribution in [3.8, 4) is 11.3 Å². The van der Waals surface area contributed by atoms with E-state index in [1.165, 1.54) is 6.92 Å². The van der Waals surface area contributed by atoms with E-state index in [0.717, 1.165) is 33.3 Å². The molecular weight excluding hydrogens is 296 g/mol. The second-order valence-corrected chi connectivity index (χ2v) is 6.13. The Labute approximate surface area is 147 Å². The molecule has 1 unspecified atom stereocenters. The number of aryl methyl sites for hydroxylation is 2. The van der Waals surface area contributed by atoms with E-state index in [2.05, 4.69) is 4.98 Å². The summed E-state index contributed by atoms with van der Waals surface area (Å²) in [6.45, 7) is 0.976. The van der Waals surface area contributed by atoms with Crippen molar-refractivity contribution in [3.63, 3.8) is 0 Å². The zero-order valence-electron chi connectivity index (χ0n) is 17.9. The van der Waals surface area contributed by atoms with Gasteiger partial charge in [-0.05, 0) is 36.6 Å². The zero-order chi connectivity index (χ0) is 20.3. The minimum Gasteiger partial charge on any atom is -0.453 e. The second kappa shape index (κ2) is 5.45. The van der Waals surface area contributed by atoms with Crippen molar-refractivity contribution in [2.24, 2.45) is 7.05 Å². The van der Waals surface area contributed by atoms with Gasteiger partial charge in [0.25, 0.3) is 0 Å². The highest BCUT2D eigenvalue weighted by molar-refractivity contribution is 6.07. The maximum Gasteiger partial charge on any atom is 0.216 e. The van der Waals surface area contributed by atoms with Gasteiger partial charge in [0.05, 0.1) is 5.56 Å². The van der Waals surface area contributed by atoms with Crippen LogP contribution in [0.2, 0.25) is 0 Å². The fraction of sp³-hybridized carbons (Fsp3) is 0.238. The Kier molecular flexibility index (Phi) is 2.49. The molecule has 0 aliphatic carbocycles. The molecule has 3 nitrogen and oxygen atoms in total. The van der Waals surface area contributed by atoms with Crippen LogP contribution in [-0.2, 0) is 7.05 Å². The molecule has 3 heteroatoms. The van der Waals surface area contributed by atoms with Crippen molar-refractivity contribution in [1.29, 1.82) is 0 Å². The van der Waals surface area contributed by atoms with Crippen LogP contribution >= 0.6 is 0 Å². The molecule has 0 saturated heterocycles. The molecule has 3 aromatic heterocycles. The number of furan rings is 1. The summed E-state index contributed by atoms with van der Waals surface area (Å²) in [5.74, 6) is -1.69. The molecule has 0 fully saturated rings. The number of hydrogen-bond donors (Lipinski definition) is 0. The zero-order valence-corrected chi connectivity index (χ0v) is 13.9. The molecule has 0 spiro atoms. The topological polar surface area (TPSA) is 29.9 Å². The lowest BCUT2D eigenvalue weighted by atomic mass is 10.0. The summed E-state index contributed by atoms with van der Waals surface area (Å²) in [7, 11) is 1.85. The summed E-state index contributed by atoms with van der Waals surface area (Å²) in [5, 5.41) is 0.958. The normalized spacial score (nSPS) is 17.1. The van der Waals surface area contributed by atoms with Gasteiger partial charge in [-0.15, -0.1) is 0 Å². The van der Waals surface area contributed by atoms with Crippen LogP contribution in [0, 0.1) is 6.92 Å². The molecule has 1 aromatic carbocycles. The number of para-hydroxylation sites is 1. The van der Waals surface area contributed by atoms with E-state index >= 15 is 0 Å². The monoisotopic (exact) mass is 321 g/mol. The molecule has 0 radical (unpaired) electrons. The van der Waals surface area contributed by atoms with Crippen LogP contribution in [0.1, 0.15) is 36.3 Å². The van der Waals surface area contributed by atoms with Gasteiger partial charge in [-0.1, -0.05) is 25.9 Å². The molecule has 0 bridgehead atoms. The van der Waals surface area contributed by atoms with Crippen molar-refractivity contribution in [2.45, 2.75) is 26.6 Å². The molecule has 4 rings (SSSR count). The predicted molar refractivity (Wildman–Crippen MR) is 97.0 cm³/mol. The van der Waals surface area contributed by atoms with Gasteiger partial charge >= 0.3 is 0 Å². The maximum absolute atomic E-state index is 8.33. The molecule has 0 saturated carbocycles. The molecule has 3 heterocycles. The van der Waals surface area contributed by atoms with Crippen molar-refractivity contribution < 1.29 is 14.5 Å². The van der Waals surface area contributed by atoms with Crippen molar-refractivity contribution in [1.82, 2.24) is 4.98 Å². The number of fused-ring (bicyclic) bond motifs is 3. The third kappa shape index (κ3) is 2.20. The van der Waals surface area contributed by atoms with Gasteiger partial charge in [-0.25, -0.2) is 4.57 Å². The van der Waals surface area contributed by atoms with E-state index in [4.69, 9.17) is 9.90 Å². The standard InChI is InChI=1S/C21H21N2O/c1-13(2)15-9-10-17(23(4)12-15)19-14(3)11-22-20-16-7-5-6-8-18(16)24-21(19)20/h5-13H,1-4H3/q+1/i1D3,13D. The number of aromatic nitrogens is 2. The molecular formula is C21H21N2O+. The maximum atomic E-state index is 8.33. The Morgan fingerprint density at radius 3 is 2.88 bits per heavy atom. The molecule has 0 aliphatic heterocycles. The first-order valence-electron chi connectivity index (χ1n) is 9.88. The molecule has 0 amide bonds. The van der Waals surface area contributed by atoms with E-state index in [0.29, 0.717) is 11.1 Å². The van der Waals surface area contributed by atoms with E-state index in [1.54, 1.807) is 12.3 Å². The largest absolute Gasteiger partial charge is 0.453 e. The van der Waals surface area contributed by atoms with Crippen molar-refractivity contribution in [2.75, 3.05) is 0 Å². The van der Waals surface area contributed by atoms with E-state index in [-0.39, 0.29) is 0 Å². The van der Waals surface area contributed by atoms with Crippen LogP contribution in [0.3, 0.4) is 0 Å². The Morgan fingerprint density at radius 2 is 2.08 bits per heavy atom. The highest BCUT2D eigenvalue weighted by Crippen LogP contribution is 2.35. The van der Waals surface area contributed by atoms with Gasteiger partial charge in [0.2, 0.25) is 5.69 Å². The van der Waals surface area contributed by atoms with Crippen molar-refractivity contribution >= 4 is 22.1 Å². The number of pyridine rings is 2. The summed E-state index contributed by atoms with van der Waals surface area (Å²) >= 11 is 0. The predicted octanol–water partition coefficient (Wildman–Crippen LogP) is 4.90. The Hall–Kier alpha value is -2.68. The average molecular weight is 321 g/mol. The Bertz CT molecular complexity index is 1210. The summed E-state index contributed by atoms with van der Waals surface area (Å²) < 4.78 is 39.3. The molecule has 1 atom stereocenters. The van der Waals surface area contributed by atoms with Crippen molar-refractivity contribution in [3.05, 3.63) is 59.9 Å². The van der Waals surface area contributed by atoms with Gasteiger partial charge in [0, 0.05) is 28.7 Å². The molecule has 24 heavy (non-hydrogen) atoms. The van der Waals surface area contributed by atoms with Crippen LogP contribution in [-0.4, -0.2) is 4.98 Å². The number of nitrogens with zero attached hydrogens (tertiary/aromatic N) is 2. The minimum atomic E-state index is -2.42. The summed E-state index contributed by atoms with van der Waals surface area (Å²) in [6.07, 6.45) is 3.54. The number of rotatable bonds is 2. The summed E-state index contributed by atoms with van der Waals surface area (Å²) in [4.78, 5) is 4.57. The van der Waals surface area contributed by atoms with E-state index in [9.17, 15) is 0 Å². The van der Waals surface area contributed by atoms with E-state index < -0.39 is 12.7 Å². The van der Waals surface area contributed by atoms with E-state index in [1.807, 2.05) is 55.1 Å². The van der Waals surface area contributed by atoms with Gasteiger partial charge in [0.15, 0.2) is 11.8 Å². The van der Waals surface area contributed by atoms with Crippen LogP contribution in [0.4, 0.5) is 0 Å². The first-order chi connectivity index (χ1) is 13.1. The lowest BCUT2D eigenvalue weighted by molar-refractivity contribution is -0.660. The fourth-order valence-electron chi connectivity index (χ4n) is 3.14. The van der Waals surface area contributed by atoms with Crippen LogP contribution in [0.5, 0.6) is 0 Å². The average Bonchev–Trinajstić information content (AvgIpc) is 2.99. The Morgan fingerprint density at radius 1 is 1.25 bits per heavy atom. The Balaban J connectivity index is 1.95. The second-order valence-electron chi connectivity index (χ2n) is 6.13. The molecule has 120 valence electrons. The highest BCUT2D eigenvalue weighted by atomic mass is 16.3. The molecule has 0 N–H and O–H groups in total. The fourth-order valence-corrected chi connectivity index (χ4v) is 3.14. The summed E-state index contributed by atoms with van der Waals surface area (Å²) in [6, 6.07) is 11.3. The lowest BCUT2D eigenvalue weighted by Crippen LogP contribution is -2.31. The van der Waals surface area contributed by atoms with Crippen LogP contribution < -0.4 is 4.57 Å². The third-order valence-electron chi connectivity index (χ3n) is 4.40. The van der Waals surface area contributed by atoms with Gasteiger partial charge < -0.3 is 4.42 Å². The summed E-state index contributed by atoms with van der Waals surface area (Å²) in [5.41, 5.74) is 5.45. The SMILES string of the molecule is [2H]C([2H])([2H])C([2H])(C)c1ccc(-c2c(C)cnc3c2oc2ccccc23)[n+](C)c1. The molecule has 0 aliphatic rings. The van der Waals surface area contributed by atoms with Gasteiger partial charge in [0.1, 0.15) is 18.1 Å². The first kappa shape index (κ1) is 11.0. The first-order valence-corrected chi connectivity index (χ1v) is 7.88. The number of hydrogen-bond acceptors (Lipinski definition) is 2. The number of benzene rings is 1. The van der Waals surface area contributed by atoms with Gasteiger partial charge in [-0.3, -0.25) is 4.98 Å². The quantitative estimate of drug-likeness (QED) is 0.491. The van der Waals surface area contributed by atoms with Gasteiger partial charge in [-0.2, -0.15) is 0 Å². The highest BCUT2D eigenvalue weighted by Gasteiger charge is 2.21. The van der Waals surface area contributed by atoms with Crippen LogP contribution in [0.15, 0.2) is 53.2 Å². The third-order valence-corrected chi connectivity index (χ3v) is 4.40. The van der Waals surface area contributed by atoms with Crippen LogP contribution in [0.25, 0.3) is 33.3 Å². The smallest absolute Gasteiger partial charge is 0.216 e. The minimum absolute atomic E-state index is 0.436. The molecule has 4 aromatic rings. The lowest BCUT2D eigenvalue weighted by Gasteiger charge is -2.08.